The molecule has 29 heavy (non-hydrogen) atoms. The summed E-state index contributed by atoms with van der Waals surface area (Å²) in [4.78, 5) is 10.7. The van der Waals surface area contributed by atoms with Crippen molar-refractivity contribution in [1.82, 2.24) is 0 Å². The highest BCUT2D eigenvalue weighted by atomic mass is 16.4. The van der Waals surface area contributed by atoms with Gasteiger partial charge in [0.25, 0.3) is 0 Å². The number of carboxylic acid groups (broad SMARTS) is 1. The summed E-state index contributed by atoms with van der Waals surface area (Å²) < 4.78 is 0. The van der Waals surface area contributed by atoms with E-state index in [-0.39, 0.29) is 18.4 Å². The van der Waals surface area contributed by atoms with Gasteiger partial charge in [-0.2, -0.15) is 0 Å². The van der Waals surface area contributed by atoms with Crippen LogP contribution in [-0.4, -0.2) is 33.5 Å². The third kappa shape index (κ3) is 12.9. The van der Waals surface area contributed by atoms with E-state index in [1.165, 1.54) is 44.9 Å². The zero-order valence-corrected chi connectivity index (χ0v) is 18.5. The first-order valence-corrected chi connectivity index (χ1v) is 12.0. The molecule has 0 aromatic rings. The highest BCUT2D eigenvalue weighted by Gasteiger charge is 2.27. The van der Waals surface area contributed by atoms with Gasteiger partial charge < -0.3 is 15.3 Å². The van der Waals surface area contributed by atoms with Crippen LogP contribution in [-0.2, 0) is 4.79 Å². The lowest BCUT2D eigenvalue weighted by Gasteiger charge is -2.27. The number of unbranched alkanes of at least 4 members (excludes halogenated alkanes) is 5. The van der Waals surface area contributed by atoms with E-state index in [4.69, 9.17) is 5.11 Å². The Balaban J connectivity index is 2.40. The number of aliphatic carboxylic acids is 1. The molecule has 3 N–H and O–H groups in total. The van der Waals surface area contributed by atoms with Gasteiger partial charge >= 0.3 is 5.97 Å². The summed E-state index contributed by atoms with van der Waals surface area (Å²) in [6.45, 7) is 2.22. The molecule has 1 saturated carbocycles. The second-order valence-electron chi connectivity index (χ2n) is 8.71. The van der Waals surface area contributed by atoms with Gasteiger partial charge in [-0.25, -0.2) is 0 Å². The molecule has 1 aliphatic carbocycles. The molecule has 168 valence electrons. The Bertz CT molecular complexity index is 471. The van der Waals surface area contributed by atoms with Crippen LogP contribution in [0.25, 0.3) is 0 Å². The highest BCUT2D eigenvalue weighted by molar-refractivity contribution is 5.66. The summed E-state index contributed by atoms with van der Waals surface area (Å²) in [5, 5.41) is 29.5. The molecule has 0 radical (unpaired) electrons. The minimum absolute atomic E-state index is 0.128. The Kier molecular flexibility index (Phi) is 14.9. The molecule has 0 heterocycles. The lowest BCUT2D eigenvalue weighted by atomic mass is 9.81. The molecule has 2 unspecified atom stereocenters. The molecular weight excluding hydrogens is 364 g/mol. The summed E-state index contributed by atoms with van der Waals surface area (Å²) in [5.74, 6) is -0.249. The van der Waals surface area contributed by atoms with Crippen molar-refractivity contribution in [2.75, 3.05) is 0 Å². The number of aliphatic hydroxyl groups excluding tert-OH is 2. The van der Waals surface area contributed by atoms with Crippen LogP contribution in [0.2, 0.25) is 0 Å². The van der Waals surface area contributed by atoms with Gasteiger partial charge in [-0.05, 0) is 43.9 Å². The van der Waals surface area contributed by atoms with E-state index in [0.29, 0.717) is 18.8 Å². The highest BCUT2D eigenvalue weighted by Crippen LogP contribution is 2.33. The first-order chi connectivity index (χ1) is 14.0. The van der Waals surface area contributed by atoms with E-state index in [2.05, 4.69) is 13.0 Å². The van der Waals surface area contributed by atoms with E-state index in [9.17, 15) is 15.0 Å². The minimum atomic E-state index is -0.792. The molecule has 0 spiro atoms. The van der Waals surface area contributed by atoms with E-state index in [1.807, 2.05) is 18.2 Å². The predicted octanol–water partition coefficient (Wildman–Crippen LogP) is 6.02. The van der Waals surface area contributed by atoms with Crippen LogP contribution < -0.4 is 0 Å². The number of rotatable bonds is 15. The molecule has 0 bridgehead atoms. The molecule has 1 aliphatic rings. The summed E-state index contributed by atoms with van der Waals surface area (Å²) >= 11 is 0. The third-order valence-corrected chi connectivity index (χ3v) is 6.17. The first kappa shape index (κ1) is 25.9. The van der Waals surface area contributed by atoms with Gasteiger partial charge in [0.2, 0.25) is 0 Å². The molecule has 4 atom stereocenters. The van der Waals surface area contributed by atoms with E-state index in [1.54, 1.807) is 0 Å². The van der Waals surface area contributed by atoms with Gasteiger partial charge in [0.15, 0.2) is 0 Å². The second kappa shape index (κ2) is 16.6. The molecule has 0 aromatic heterocycles. The molecule has 4 nitrogen and oxygen atoms in total. The first-order valence-electron chi connectivity index (χ1n) is 12.0. The molecular formula is C25H44O4. The van der Waals surface area contributed by atoms with Crippen LogP contribution in [0.1, 0.15) is 103 Å². The van der Waals surface area contributed by atoms with E-state index in [0.717, 1.165) is 32.1 Å². The smallest absolute Gasteiger partial charge is 0.303 e. The molecule has 1 fully saturated rings. The Hall–Kier alpha value is -1.13. The van der Waals surface area contributed by atoms with Crippen LogP contribution in [0.5, 0.6) is 0 Å². The second-order valence-corrected chi connectivity index (χ2v) is 8.71. The fourth-order valence-electron chi connectivity index (χ4n) is 4.39. The largest absolute Gasteiger partial charge is 0.481 e. The average Bonchev–Trinajstić information content (AvgIpc) is 2.93. The lowest BCUT2D eigenvalue weighted by Crippen LogP contribution is -2.26. The van der Waals surface area contributed by atoms with Crippen LogP contribution >= 0.6 is 0 Å². The quantitative estimate of drug-likeness (QED) is 0.176. The monoisotopic (exact) mass is 408 g/mol. The van der Waals surface area contributed by atoms with Gasteiger partial charge in [0.05, 0.1) is 12.2 Å². The van der Waals surface area contributed by atoms with Crippen molar-refractivity contribution in [1.29, 1.82) is 0 Å². The van der Waals surface area contributed by atoms with Gasteiger partial charge in [-0.15, -0.1) is 0 Å². The van der Waals surface area contributed by atoms with Crippen LogP contribution in [0.3, 0.4) is 0 Å². The zero-order chi connectivity index (χ0) is 21.3. The minimum Gasteiger partial charge on any atom is -0.481 e. The van der Waals surface area contributed by atoms with Crippen molar-refractivity contribution in [3.05, 3.63) is 24.3 Å². The molecule has 0 saturated heterocycles. The number of aliphatic hydroxyl groups is 2. The van der Waals surface area contributed by atoms with Crippen molar-refractivity contribution >= 4 is 5.97 Å². The van der Waals surface area contributed by atoms with Crippen molar-refractivity contribution in [2.24, 2.45) is 11.8 Å². The summed E-state index contributed by atoms with van der Waals surface area (Å²) in [7, 11) is 0. The number of carbonyl (C=O) groups is 1. The standard InChI is InChI=1S/C25H44O4/c1-2-3-4-5-6-9-16-22(26)17-12-11-15-21-14-8-7-10-18-23(21)24(27)19-13-20-25(28)29/h11-12,15,17,21-24,26-27H,2-10,13-14,16,18-20H2,1H3,(H,28,29)/b15-11+,17-12+/t21-,22?,23+,24?/m0/s1. The number of carboxylic acids is 1. The van der Waals surface area contributed by atoms with Gasteiger partial charge in [0.1, 0.15) is 0 Å². The molecule has 4 heteroatoms. The fraction of sp³-hybridized carbons (Fsp3) is 0.800. The summed E-state index contributed by atoms with van der Waals surface area (Å²) in [5.41, 5.74) is 0. The van der Waals surface area contributed by atoms with Crippen LogP contribution in [0.4, 0.5) is 0 Å². The van der Waals surface area contributed by atoms with Crippen molar-refractivity contribution in [3.63, 3.8) is 0 Å². The van der Waals surface area contributed by atoms with Crippen LogP contribution in [0, 0.1) is 11.8 Å². The summed E-state index contributed by atoms with van der Waals surface area (Å²) in [6.07, 6.45) is 22.3. The summed E-state index contributed by atoms with van der Waals surface area (Å²) in [6, 6.07) is 0. The Morgan fingerprint density at radius 3 is 2.41 bits per heavy atom. The number of allylic oxidation sites excluding steroid dienone is 3. The van der Waals surface area contributed by atoms with Crippen molar-refractivity contribution in [2.45, 2.75) is 115 Å². The predicted molar refractivity (Wildman–Crippen MR) is 120 cm³/mol. The van der Waals surface area contributed by atoms with Crippen molar-refractivity contribution < 1.29 is 20.1 Å². The SMILES string of the molecule is CCCCCCCCC(O)/C=C/C=C/[C@@H]1CCCCC[C@H]1C(O)CCCC(=O)O. The Morgan fingerprint density at radius 1 is 0.931 bits per heavy atom. The topological polar surface area (TPSA) is 77.8 Å². The normalized spacial score (nSPS) is 22.7. The third-order valence-electron chi connectivity index (χ3n) is 6.17. The maximum atomic E-state index is 10.7. The van der Waals surface area contributed by atoms with Gasteiger partial charge in [0, 0.05) is 6.42 Å². The van der Waals surface area contributed by atoms with Crippen molar-refractivity contribution in [3.8, 4) is 0 Å². The van der Waals surface area contributed by atoms with E-state index < -0.39 is 12.1 Å². The Morgan fingerprint density at radius 2 is 1.66 bits per heavy atom. The molecule has 0 amide bonds. The maximum absolute atomic E-state index is 10.7. The maximum Gasteiger partial charge on any atom is 0.303 e. The average molecular weight is 409 g/mol. The molecule has 1 rings (SSSR count). The molecule has 0 aliphatic heterocycles. The number of hydrogen-bond acceptors (Lipinski definition) is 3. The van der Waals surface area contributed by atoms with E-state index >= 15 is 0 Å². The zero-order valence-electron chi connectivity index (χ0n) is 18.5. The fourth-order valence-corrected chi connectivity index (χ4v) is 4.39. The lowest BCUT2D eigenvalue weighted by molar-refractivity contribution is -0.137. The number of hydrogen-bond donors (Lipinski definition) is 3. The molecule has 0 aromatic carbocycles. The van der Waals surface area contributed by atoms with Crippen LogP contribution in [0.15, 0.2) is 24.3 Å². The van der Waals surface area contributed by atoms with Gasteiger partial charge in [-0.3, -0.25) is 4.79 Å². The Labute approximate surface area is 178 Å². The van der Waals surface area contributed by atoms with Gasteiger partial charge in [-0.1, -0.05) is 89.0 Å².